The predicted octanol–water partition coefficient (Wildman–Crippen LogP) is 3.59. The lowest BCUT2D eigenvalue weighted by Gasteiger charge is -2.32. The Hall–Kier alpha value is -0.545. The predicted molar refractivity (Wildman–Crippen MR) is 83.0 cm³/mol. The van der Waals surface area contributed by atoms with Crippen LogP contribution in [0.1, 0.15) is 67.7 Å². The van der Waals surface area contributed by atoms with Gasteiger partial charge in [-0.25, -0.2) is 0 Å². The Labute approximate surface area is 129 Å². The number of carbonyl (C=O) groups excluding carboxylic acids is 1. The Morgan fingerprint density at radius 1 is 1.10 bits per heavy atom. The number of esters is 1. The van der Waals surface area contributed by atoms with Crippen molar-refractivity contribution in [2.24, 2.45) is 5.92 Å². The third-order valence-electron chi connectivity index (χ3n) is 4.90. The van der Waals surface area contributed by atoms with Gasteiger partial charge in [-0.1, -0.05) is 12.8 Å². The summed E-state index contributed by atoms with van der Waals surface area (Å²) in [5.74, 6) is -0.125. The lowest BCUT2D eigenvalue weighted by molar-refractivity contribution is -0.159. The smallest absolute Gasteiger partial charge is 0.460 e. The van der Waals surface area contributed by atoms with Crippen molar-refractivity contribution in [1.29, 1.82) is 0 Å². The van der Waals surface area contributed by atoms with Crippen LogP contribution in [0.4, 0.5) is 0 Å². The average Bonchev–Trinajstić information content (AvgIpc) is 2.79. The van der Waals surface area contributed by atoms with Crippen molar-refractivity contribution < 1.29 is 18.8 Å². The van der Waals surface area contributed by atoms with Crippen LogP contribution in [0.15, 0.2) is 0 Å². The molecule has 2 atom stereocenters. The topological polar surface area (TPSA) is 44.8 Å². The molecule has 21 heavy (non-hydrogen) atoms. The molecule has 1 saturated carbocycles. The van der Waals surface area contributed by atoms with Gasteiger partial charge in [-0.3, -0.25) is 4.79 Å². The molecule has 2 rings (SSSR count). The Balaban J connectivity index is 2.08. The van der Waals surface area contributed by atoms with Gasteiger partial charge in [0.25, 0.3) is 0 Å². The second-order valence-electron chi connectivity index (χ2n) is 8.36. The molecule has 0 aromatic rings. The van der Waals surface area contributed by atoms with Gasteiger partial charge >= 0.3 is 13.1 Å². The van der Waals surface area contributed by atoms with Gasteiger partial charge in [-0.2, -0.15) is 0 Å². The first-order valence-electron chi connectivity index (χ1n) is 8.01. The Bertz CT molecular complexity index is 395. The van der Waals surface area contributed by atoms with Crippen LogP contribution in [0, 0.1) is 5.92 Å². The minimum atomic E-state index is -0.444. The van der Waals surface area contributed by atoms with Crippen LogP contribution in [0.25, 0.3) is 0 Å². The quantitative estimate of drug-likeness (QED) is 0.577. The number of hydrogen-bond acceptors (Lipinski definition) is 4. The third-order valence-corrected chi connectivity index (χ3v) is 4.90. The first-order valence-corrected chi connectivity index (χ1v) is 8.01. The second kappa shape index (κ2) is 5.27. The molecule has 0 aromatic heterocycles. The average molecular weight is 296 g/mol. The molecule has 0 spiro atoms. The monoisotopic (exact) mass is 296 g/mol. The molecule has 4 nitrogen and oxygen atoms in total. The molecule has 1 aliphatic carbocycles. The molecular formula is C16H29BO4. The molecule has 1 saturated heterocycles. The fraction of sp³-hybridized carbons (Fsp3) is 0.938. The second-order valence-corrected chi connectivity index (χ2v) is 8.36. The van der Waals surface area contributed by atoms with Gasteiger partial charge in [0, 0.05) is 5.82 Å². The minimum Gasteiger partial charge on any atom is -0.460 e. The van der Waals surface area contributed by atoms with Gasteiger partial charge in [0.2, 0.25) is 0 Å². The zero-order chi connectivity index (χ0) is 16.1. The van der Waals surface area contributed by atoms with E-state index in [4.69, 9.17) is 14.0 Å². The number of rotatable bonds is 2. The molecule has 0 amide bonds. The molecule has 0 N–H and O–H groups in total. The third kappa shape index (κ3) is 3.45. The summed E-state index contributed by atoms with van der Waals surface area (Å²) < 4.78 is 17.8. The standard InChI is InChI=1S/C16H29BO4/c1-14(2,3)19-13(18)11-9-8-10-12(11)17-20-15(4,5)16(6,7)21-17/h11-12H,8-10H2,1-7H3/t11-,12-/m1/s1. The maximum Gasteiger partial charge on any atom is 0.462 e. The van der Waals surface area contributed by atoms with Gasteiger partial charge < -0.3 is 14.0 Å². The van der Waals surface area contributed by atoms with E-state index in [2.05, 4.69) is 0 Å². The van der Waals surface area contributed by atoms with E-state index in [1.807, 2.05) is 48.5 Å². The highest BCUT2D eigenvalue weighted by Crippen LogP contribution is 2.47. The summed E-state index contributed by atoms with van der Waals surface area (Å²) in [5, 5.41) is 0. The summed E-state index contributed by atoms with van der Waals surface area (Å²) in [5.41, 5.74) is -1.14. The summed E-state index contributed by atoms with van der Waals surface area (Å²) in [6.45, 7) is 13.9. The summed E-state index contributed by atoms with van der Waals surface area (Å²) in [7, 11) is -0.310. The fourth-order valence-corrected chi connectivity index (χ4v) is 3.05. The molecule has 0 unspecified atom stereocenters. The van der Waals surface area contributed by atoms with Gasteiger partial charge in [0.05, 0.1) is 17.1 Å². The highest BCUT2D eigenvalue weighted by molar-refractivity contribution is 6.48. The highest BCUT2D eigenvalue weighted by Gasteiger charge is 2.57. The summed E-state index contributed by atoms with van der Waals surface area (Å²) in [6.07, 6.45) is 2.85. The van der Waals surface area contributed by atoms with Crippen LogP contribution in [0.5, 0.6) is 0 Å². The van der Waals surface area contributed by atoms with Crippen molar-refractivity contribution in [1.82, 2.24) is 0 Å². The summed E-state index contributed by atoms with van der Waals surface area (Å²) >= 11 is 0. The zero-order valence-electron chi connectivity index (χ0n) is 14.5. The number of ether oxygens (including phenoxy) is 1. The molecule has 1 heterocycles. The maximum absolute atomic E-state index is 12.4. The molecule has 0 bridgehead atoms. The van der Waals surface area contributed by atoms with E-state index in [1.165, 1.54) is 0 Å². The first kappa shape index (κ1) is 16.8. The molecule has 120 valence electrons. The Morgan fingerprint density at radius 2 is 1.62 bits per heavy atom. The van der Waals surface area contributed by atoms with Gasteiger partial charge in [0.15, 0.2) is 0 Å². The van der Waals surface area contributed by atoms with Crippen LogP contribution in [-0.2, 0) is 18.8 Å². The SMILES string of the molecule is CC(C)(C)OC(=O)[C@@H]1CCC[C@H]1B1OC(C)(C)C(C)(C)O1. The van der Waals surface area contributed by atoms with Crippen molar-refractivity contribution in [2.45, 2.75) is 90.3 Å². The highest BCUT2D eigenvalue weighted by atomic mass is 16.7. The summed E-state index contributed by atoms with van der Waals surface area (Å²) in [6, 6.07) is 0. The normalized spacial score (nSPS) is 31.5. The summed E-state index contributed by atoms with van der Waals surface area (Å²) in [4.78, 5) is 12.4. The van der Waals surface area contributed by atoms with Gasteiger partial charge in [-0.05, 0) is 54.9 Å². The molecule has 0 aromatic carbocycles. The molecule has 5 heteroatoms. The van der Waals surface area contributed by atoms with Crippen molar-refractivity contribution in [3.63, 3.8) is 0 Å². The number of hydrogen-bond donors (Lipinski definition) is 0. The van der Waals surface area contributed by atoms with E-state index in [0.29, 0.717) is 0 Å². The largest absolute Gasteiger partial charge is 0.462 e. The van der Waals surface area contributed by atoms with Crippen LogP contribution in [-0.4, -0.2) is 29.9 Å². The maximum atomic E-state index is 12.4. The van der Waals surface area contributed by atoms with E-state index < -0.39 is 5.60 Å². The van der Waals surface area contributed by atoms with E-state index in [0.717, 1.165) is 19.3 Å². The van der Waals surface area contributed by atoms with Crippen LogP contribution in [0.3, 0.4) is 0 Å². The number of carbonyl (C=O) groups is 1. The zero-order valence-corrected chi connectivity index (χ0v) is 14.5. The van der Waals surface area contributed by atoms with Gasteiger partial charge in [-0.15, -0.1) is 0 Å². The first-order chi connectivity index (χ1) is 9.43. The molecular weight excluding hydrogens is 267 g/mol. The van der Waals surface area contributed by atoms with Crippen molar-refractivity contribution in [2.75, 3.05) is 0 Å². The molecule has 0 radical (unpaired) electrons. The Kier molecular flexibility index (Phi) is 4.22. The van der Waals surface area contributed by atoms with E-state index in [1.54, 1.807) is 0 Å². The van der Waals surface area contributed by atoms with E-state index >= 15 is 0 Å². The van der Waals surface area contributed by atoms with Crippen molar-refractivity contribution in [3.8, 4) is 0 Å². The molecule has 2 aliphatic rings. The van der Waals surface area contributed by atoms with E-state index in [9.17, 15) is 4.79 Å². The van der Waals surface area contributed by atoms with Crippen LogP contribution < -0.4 is 0 Å². The van der Waals surface area contributed by atoms with Crippen molar-refractivity contribution in [3.05, 3.63) is 0 Å². The lowest BCUT2D eigenvalue weighted by atomic mass is 9.66. The lowest BCUT2D eigenvalue weighted by Crippen LogP contribution is -2.41. The minimum absolute atomic E-state index is 0.0981. The van der Waals surface area contributed by atoms with Crippen LogP contribution in [0.2, 0.25) is 5.82 Å². The fourth-order valence-electron chi connectivity index (χ4n) is 3.05. The molecule has 1 aliphatic heterocycles. The van der Waals surface area contributed by atoms with Gasteiger partial charge in [0.1, 0.15) is 5.60 Å². The van der Waals surface area contributed by atoms with Crippen molar-refractivity contribution >= 4 is 13.1 Å². The van der Waals surface area contributed by atoms with E-state index in [-0.39, 0.29) is 36.0 Å². The van der Waals surface area contributed by atoms with Crippen LogP contribution >= 0.6 is 0 Å². The Morgan fingerprint density at radius 3 is 2.10 bits per heavy atom. The molecule has 2 fully saturated rings.